The number of ether oxygens (including phenoxy) is 1. The molecule has 10 nitrogen and oxygen atoms in total. The zero-order valence-corrected chi connectivity index (χ0v) is 21.9. The predicted molar refractivity (Wildman–Crippen MR) is 140 cm³/mol. The Labute approximate surface area is 217 Å². The van der Waals surface area contributed by atoms with E-state index in [-0.39, 0.29) is 17.9 Å². The second-order valence-corrected chi connectivity index (χ2v) is 9.67. The zero-order chi connectivity index (χ0) is 27.8. The minimum absolute atomic E-state index is 0.0876. The largest absolute Gasteiger partial charge is 0.508 e. The quantitative estimate of drug-likeness (QED) is 0.383. The van der Waals surface area contributed by atoms with E-state index in [4.69, 9.17) is 10.5 Å². The van der Waals surface area contributed by atoms with E-state index < -0.39 is 47.9 Å². The number of hydrogen-bond donors (Lipinski definition) is 4. The highest BCUT2D eigenvalue weighted by Crippen LogP contribution is 2.31. The van der Waals surface area contributed by atoms with Crippen LogP contribution in [0, 0.1) is 6.92 Å². The smallest absolute Gasteiger partial charge is 0.408 e. The summed E-state index contributed by atoms with van der Waals surface area (Å²) in [5, 5.41) is 15.9. The van der Waals surface area contributed by atoms with Crippen molar-refractivity contribution in [2.75, 3.05) is 11.9 Å². The highest BCUT2D eigenvalue weighted by molar-refractivity contribution is 6.00. The monoisotopic (exact) mass is 512 g/mol. The molecule has 2 aromatic rings. The number of aromatic hydroxyl groups is 1. The molecule has 0 saturated heterocycles. The lowest BCUT2D eigenvalue weighted by Gasteiger charge is -2.34. The van der Waals surface area contributed by atoms with Crippen LogP contribution in [-0.4, -0.2) is 52.0 Å². The number of alkyl carbamates (subject to hydrolysis) is 1. The van der Waals surface area contributed by atoms with Gasteiger partial charge >= 0.3 is 6.09 Å². The molecule has 5 N–H and O–H groups in total. The highest BCUT2D eigenvalue weighted by Gasteiger charge is 2.37. The number of phenols is 1. The molecule has 0 bridgehead atoms. The lowest BCUT2D eigenvalue weighted by molar-refractivity contribution is -0.142. The maximum Gasteiger partial charge on any atom is 0.408 e. The number of benzene rings is 2. The van der Waals surface area contributed by atoms with E-state index in [0.29, 0.717) is 12.1 Å². The van der Waals surface area contributed by atoms with Gasteiger partial charge in [0.15, 0.2) is 0 Å². The van der Waals surface area contributed by atoms with Crippen LogP contribution in [0.4, 0.5) is 10.5 Å². The molecule has 0 saturated carbocycles. The van der Waals surface area contributed by atoms with Crippen molar-refractivity contribution in [3.63, 3.8) is 0 Å². The first-order valence-electron chi connectivity index (χ1n) is 12.1. The first-order chi connectivity index (χ1) is 17.3. The number of primary amides is 1. The second kappa shape index (κ2) is 12.8. The number of anilines is 1. The van der Waals surface area contributed by atoms with E-state index in [9.17, 15) is 24.3 Å². The van der Waals surface area contributed by atoms with Gasteiger partial charge in [0, 0.05) is 17.8 Å². The Morgan fingerprint density at radius 3 is 2.24 bits per heavy atom. The van der Waals surface area contributed by atoms with Crippen molar-refractivity contribution < 1.29 is 29.0 Å². The number of amides is 4. The maximum absolute atomic E-state index is 13.8. The number of aryl methyl sites for hydroxylation is 1. The van der Waals surface area contributed by atoms with Gasteiger partial charge in [-0.05, 0) is 51.8 Å². The fourth-order valence-electron chi connectivity index (χ4n) is 3.74. The van der Waals surface area contributed by atoms with Gasteiger partial charge in [0.25, 0.3) is 5.91 Å². The third kappa shape index (κ3) is 8.52. The van der Waals surface area contributed by atoms with Crippen molar-refractivity contribution >= 4 is 29.5 Å². The van der Waals surface area contributed by atoms with Gasteiger partial charge in [0.2, 0.25) is 11.8 Å². The number of nitrogens with one attached hydrogen (secondary N) is 2. The molecule has 0 spiro atoms. The Bertz CT molecular complexity index is 1130. The van der Waals surface area contributed by atoms with E-state index in [2.05, 4.69) is 10.6 Å². The standard InChI is InChI=1S/C27H36N4O6/c1-6-15-31(25(35)20(16-22(28)33)30-26(36)37-27(3,4)5)23(18-12-8-10-14-21(18)32)24(34)29-19-13-9-7-11-17(19)2/h7-14,20,23,32H,6,15-16H2,1-5H3,(H2,28,33)(H,29,34)(H,30,36). The normalized spacial score (nSPS) is 12.7. The number of nitrogens with zero attached hydrogens (tertiary/aromatic N) is 1. The van der Waals surface area contributed by atoms with Crippen molar-refractivity contribution in [3.8, 4) is 5.75 Å². The first kappa shape index (κ1) is 29.2. The minimum Gasteiger partial charge on any atom is -0.508 e. The summed E-state index contributed by atoms with van der Waals surface area (Å²) in [6, 6.07) is 10.7. The summed E-state index contributed by atoms with van der Waals surface area (Å²) in [4.78, 5) is 53.0. The Morgan fingerprint density at radius 2 is 1.68 bits per heavy atom. The number of carbonyl (C=O) groups is 4. The van der Waals surface area contributed by atoms with Crippen LogP contribution >= 0.6 is 0 Å². The van der Waals surface area contributed by atoms with E-state index in [1.54, 1.807) is 45.0 Å². The number of phenolic OH excluding ortho intramolecular Hbond substituents is 1. The third-order valence-corrected chi connectivity index (χ3v) is 5.34. The van der Waals surface area contributed by atoms with Crippen LogP contribution in [0.3, 0.4) is 0 Å². The van der Waals surface area contributed by atoms with Gasteiger partial charge in [-0.3, -0.25) is 14.4 Å². The van der Waals surface area contributed by atoms with Crippen molar-refractivity contribution in [1.29, 1.82) is 0 Å². The number of hydrogen-bond acceptors (Lipinski definition) is 6. The number of rotatable bonds is 10. The Hall–Kier alpha value is -4.08. The predicted octanol–water partition coefficient (Wildman–Crippen LogP) is 3.39. The van der Waals surface area contributed by atoms with E-state index in [0.717, 1.165) is 5.56 Å². The van der Waals surface area contributed by atoms with E-state index in [1.807, 2.05) is 26.0 Å². The Kier molecular flexibility index (Phi) is 10.0. The van der Waals surface area contributed by atoms with Crippen LogP contribution in [0.25, 0.3) is 0 Å². The average molecular weight is 513 g/mol. The molecule has 2 rings (SSSR count). The minimum atomic E-state index is -1.39. The van der Waals surface area contributed by atoms with Crippen LogP contribution in [0.2, 0.25) is 0 Å². The molecule has 0 aromatic heterocycles. The lowest BCUT2D eigenvalue weighted by atomic mass is 10.0. The van der Waals surface area contributed by atoms with E-state index in [1.165, 1.54) is 17.0 Å². The second-order valence-electron chi connectivity index (χ2n) is 9.67. The van der Waals surface area contributed by atoms with Crippen molar-refractivity contribution in [2.45, 2.75) is 65.1 Å². The number of carbonyl (C=O) groups excluding carboxylic acids is 4. The summed E-state index contributed by atoms with van der Waals surface area (Å²) in [6.45, 7) is 8.70. The molecule has 200 valence electrons. The summed E-state index contributed by atoms with van der Waals surface area (Å²) in [5.41, 5.74) is 6.06. The van der Waals surface area contributed by atoms with Gasteiger partial charge in [-0.15, -0.1) is 0 Å². The van der Waals surface area contributed by atoms with E-state index >= 15 is 0 Å². The van der Waals surface area contributed by atoms with Gasteiger partial charge in [-0.25, -0.2) is 4.79 Å². The molecule has 0 heterocycles. The van der Waals surface area contributed by atoms with Gasteiger partial charge in [0.1, 0.15) is 23.4 Å². The SMILES string of the molecule is CCCN(C(=O)C(CC(N)=O)NC(=O)OC(C)(C)C)C(C(=O)Nc1ccccc1C)c1ccccc1O. The van der Waals surface area contributed by atoms with Crippen molar-refractivity contribution in [2.24, 2.45) is 5.73 Å². The van der Waals surface area contributed by atoms with Gasteiger partial charge < -0.3 is 31.1 Å². The van der Waals surface area contributed by atoms with Gasteiger partial charge in [-0.2, -0.15) is 0 Å². The van der Waals surface area contributed by atoms with Crippen LogP contribution in [0.5, 0.6) is 5.75 Å². The molecule has 0 aliphatic rings. The summed E-state index contributed by atoms with van der Waals surface area (Å²) in [5.74, 6) is -2.31. The molecule has 2 atom stereocenters. The molecule has 0 aliphatic carbocycles. The summed E-state index contributed by atoms with van der Waals surface area (Å²) in [6.07, 6.45) is -0.971. The summed E-state index contributed by atoms with van der Waals surface area (Å²) >= 11 is 0. The summed E-state index contributed by atoms with van der Waals surface area (Å²) < 4.78 is 5.25. The van der Waals surface area contributed by atoms with Crippen LogP contribution in [-0.2, 0) is 19.1 Å². The fourth-order valence-corrected chi connectivity index (χ4v) is 3.74. The Balaban J connectivity index is 2.52. The molecule has 2 unspecified atom stereocenters. The molecule has 10 heteroatoms. The average Bonchev–Trinajstić information content (AvgIpc) is 2.79. The Morgan fingerprint density at radius 1 is 1.05 bits per heavy atom. The maximum atomic E-state index is 13.8. The fraction of sp³-hybridized carbons (Fsp3) is 0.407. The van der Waals surface area contributed by atoms with Crippen LogP contribution < -0.4 is 16.4 Å². The molecule has 0 aliphatic heterocycles. The van der Waals surface area contributed by atoms with Crippen molar-refractivity contribution in [3.05, 3.63) is 59.7 Å². The number of para-hydroxylation sites is 2. The lowest BCUT2D eigenvalue weighted by Crippen LogP contribution is -2.53. The molecule has 0 fully saturated rings. The molecule has 37 heavy (non-hydrogen) atoms. The molecule has 4 amide bonds. The van der Waals surface area contributed by atoms with Crippen LogP contribution in [0.1, 0.15) is 57.7 Å². The summed E-state index contributed by atoms with van der Waals surface area (Å²) in [7, 11) is 0. The van der Waals surface area contributed by atoms with Crippen LogP contribution in [0.15, 0.2) is 48.5 Å². The molecule has 2 aromatic carbocycles. The molecule has 0 radical (unpaired) electrons. The topological polar surface area (TPSA) is 151 Å². The first-order valence-corrected chi connectivity index (χ1v) is 12.1. The zero-order valence-electron chi connectivity index (χ0n) is 21.9. The van der Waals surface area contributed by atoms with Gasteiger partial charge in [-0.1, -0.05) is 43.3 Å². The molecular formula is C27H36N4O6. The third-order valence-electron chi connectivity index (χ3n) is 5.34. The number of nitrogens with two attached hydrogens (primary N) is 1. The van der Waals surface area contributed by atoms with Crippen molar-refractivity contribution in [1.82, 2.24) is 10.2 Å². The highest BCUT2D eigenvalue weighted by atomic mass is 16.6. The van der Waals surface area contributed by atoms with Gasteiger partial charge in [0.05, 0.1) is 6.42 Å². The molecular weight excluding hydrogens is 476 g/mol.